The van der Waals surface area contributed by atoms with Crippen molar-refractivity contribution in [2.24, 2.45) is 5.92 Å². The highest BCUT2D eigenvalue weighted by molar-refractivity contribution is 5.51. The summed E-state index contributed by atoms with van der Waals surface area (Å²) in [6.45, 7) is 1.54. The average molecular weight is 466 g/mol. The quantitative estimate of drug-likeness (QED) is 0.456. The van der Waals surface area contributed by atoms with E-state index in [4.69, 9.17) is 0 Å². The number of halogens is 8. The number of aromatic nitrogens is 2. The predicted molar refractivity (Wildman–Crippen MR) is 97.7 cm³/mol. The standard InChI is InChI=1S/C20H18F8N4/c1-19(31-13-9(21)15(25)29-16(26)10(13)22)5-8-3-2-4-20(6-8,7-19)32-14-11(23)17(27)30-18(28)12(14)24/h8H,2-7H2,1H3,(H,29,31)(H,30,32). The Kier molecular flexibility index (Phi) is 5.44. The maximum absolute atomic E-state index is 14.2. The van der Waals surface area contributed by atoms with Crippen LogP contribution in [0.25, 0.3) is 0 Å². The number of rotatable bonds is 4. The Morgan fingerprint density at radius 2 is 1.19 bits per heavy atom. The van der Waals surface area contributed by atoms with Crippen LogP contribution < -0.4 is 10.6 Å². The van der Waals surface area contributed by atoms with Gasteiger partial charge in [0.2, 0.25) is 23.3 Å². The number of anilines is 2. The number of pyridine rings is 2. The van der Waals surface area contributed by atoms with Gasteiger partial charge >= 0.3 is 0 Å². The zero-order valence-electron chi connectivity index (χ0n) is 16.7. The summed E-state index contributed by atoms with van der Waals surface area (Å²) in [6.07, 6.45) is 2.29. The van der Waals surface area contributed by atoms with Gasteiger partial charge in [-0.3, -0.25) is 0 Å². The van der Waals surface area contributed by atoms with Gasteiger partial charge in [0, 0.05) is 11.1 Å². The van der Waals surface area contributed by atoms with Crippen molar-refractivity contribution in [1.29, 1.82) is 0 Å². The second-order valence-corrected chi connectivity index (χ2v) is 8.83. The van der Waals surface area contributed by atoms with Crippen LogP contribution in [0.2, 0.25) is 0 Å². The minimum atomic E-state index is -1.83. The van der Waals surface area contributed by atoms with E-state index in [2.05, 4.69) is 20.6 Å². The van der Waals surface area contributed by atoms with E-state index >= 15 is 0 Å². The Labute approximate surface area is 177 Å². The van der Waals surface area contributed by atoms with Gasteiger partial charge in [-0.1, -0.05) is 12.8 Å². The average Bonchev–Trinajstić information content (AvgIpc) is 2.71. The molecule has 4 nitrogen and oxygen atoms in total. The van der Waals surface area contributed by atoms with Gasteiger partial charge in [0.15, 0.2) is 0 Å². The van der Waals surface area contributed by atoms with Crippen LogP contribution in [-0.2, 0) is 0 Å². The molecule has 2 saturated carbocycles. The van der Waals surface area contributed by atoms with Gasteiger partial charge in [0.05, 0.1) is 0 Å². The molecule has 2 aromatic heterocycles. The molecule has 2 bridgehead atoms. The molecule has 4 rings (SSSR count). The van der Waals surface area contributed by atoms with Gasteiger partial charge < -0.3 is 10.6 Å². The fraction of sp³-hybridized carbons (Fsp3) is 0.500. The monoisotopic (exact) mass is 466 g/mol. The molecule has 2 aliphatic rings. The fourth-order valence-electron chi connectivity index (χ4n) is 5.29. The molecule has 0 aliphatic heterocycles. The lowest BCUT2D eigenvalue weighted by Crippen LogP contribution is -2.57. The Balaban J connectivity index is 1.71. The molecule has 2 aromatic rings. The van der Waals surface area contributed by atoms with Crippen LogP contribution in [0.5, 0.6) is 0 Å². The van der Waals surface area contributed by atoms with E-state index in [9.17, 15) is 35.1 Å². The fourth-order valence-corrected chi connectivity index (χ4v) is 5.29. The highest BCUT2D eigenvalue weighted by Gasteiger charge is 2.49. The van der Waals surface area contributed by atoms with Crippen LogP contribution in [0.15, 0.2) is 0 Å². The first-order valence-corrected chi connectivity index (χ1v) is 9.90. The third-order valence-corrected chi connectivity index (χ3v) is 6.23. The topological polar surface area (TPSA) is 49.8 Å². The van der Waals surface area contributed by atoms with Crippen LogP contribution >= 0.6 is 0 Å². The van der Waals surface area contributed by atoms with Crippen molar-refractivity contribution in [2.75, 3.05) is 10.6 Å². The van der Waals surface area contributed by atoms with Crippen molar-refractivity contribution in [3.05, 3.63) is 47.1 Å². The van der Waals surface area contributed by atoms with E-state index in [1.807, 2.05) is 0 Å². The summed E-state index contributed by atoms with van der Waals surface area (Å²) < 4.78 is 111. The molecule has 0 amide bonds. The van der Waals surface area contributed by atoms with E-state index in [0.717, 1.165) is 0 Å². The van der Waals surface area contributed by atoms with E-state index in [0.29, 0.717) is 32.1 Å². The lowest BCUT2D eigenvalue weighted by Gasteiger charge is -2.54. The minimum Gasteiger partial charge on any atom is -0.375 e. The molecule has 2 aliphatic carbocycles. The van der Waals surface area contributed by atoms with Crippen LogP contribution in [0.4, 0.5) is 46.5 Å². The summed E-state index contributed by atoms with van der Waals surface area (Å²) in [7, 11) is 0. The summed E-state index contributed by atoms with van der Waals surface area (Å²) in [5.41, 5.74) is -4.37. The number of nitrogens with one attached hydrogen (secondary N) is 2. The minimum absolute atomic E-state index is 0.0224. The SMILES string of the molecule is CC1(Nc2c(F)c(F)nc(F)c2F)CC2CCCC(Nc3c(F)c(F)nc(F)c3F)(C2)C1. The number of fused-ring (bicyclic) bond motifs is 2. The maximum Gasteiger partial charge on any atom is 0.253 e. The molecular weight excluding hydrogens is 448 g/mol. The van der Waals surface area contributed by atoms with E-state index in [-0.39, 0.29) is 12.3 Å². The van der Waals surface area contributed by atoms with Crippen LogP contribution in [-0.4, -0.2) is 21.0 Å². The largest absolute Gasteiger partial charge is 0.375 e. The smallest absolute Gasteiger partial charge is 0.253 e. The first-order chi connectivity index (χ1) is 14.9. The van der Waals surface area contributed by atoms with Crippen molar-refractivity contribution in [3.63, 3.8) is 0 Å². The van der Waals surface area contributed by atoms with Crippen LogP contribution in [0, 0.1) is 53.0 Å². The predicted octanol–water partition coefficient (Wildman–Crippen LogP) is 5.59. The molecule has 3 unspecified atom stereocenters. The first-order valence-electron chi connectivity index (χ1n) is 9.90. The molecule has 0 radical (unpaired) electrons. The van der Waals surface area contributed by atoms with Crippen molar-refractivity contribution in [3.8, 4) is 0 Å². The molecule has 2 heterocycles. The van der Waals surface area contributed by atoms with Gasteiger partial charge in [0.25, 0.3) is 23.8 Å². The molecule has 0 saturated heterocycles. The molecule has 174 valence electrons. The maximum atomic E-state index is 14.2. The van der Waals surface area contributed by atoms with Crippen molar-refractivity contribution >= 4 is 11.4 Å². The molecule has 0 spiro atoms. The molecule has 0 aromatic carbocycles. The summed E-state index contributed by atoms with van der Waals surface area (Å²) in [5.74, 6) is -14.2. The first kappa shape index (κ1) is 22.5. The molecular formula is C20H18F8N4. The van der Waals surface area contributed by atoms with E-state index in [1.54, 1.807) is 0 Å². The number of hydrogen-bond acceptors (Lipinski definition) is 4. The molecule has 32 heavy (non-hydrogen) atoms. The third-order valence-electron chi connectivity index (χ3n) is 6.23. The van der Waals surface area contributed by atoms with Gasteiger partial charge in [-0.2, -0.15) is 45.1 Å². The van der Waals surface area contributed by atoms with Crippen LogP contribution in [0.3, 0.4) is 0 Å². The highest BCUT2D eigenvalue weighted by atomic mass is 19.2. The summed E-state index contributed by atoms with van der Waals surface area (Å²) >= 11 is 0. The highest BCUT2D eigenvalue weighted by Crippen LogP contribution is 2.50. The molecule has 3 atom stereocenters. The second kappa shape index (κ2) is 7.73. The lowest BCUT2D eigenvalue weighted by atomic mass is 9.61. The third kappa shape index (κ3) is 3.83. The normalized spacial score (nSPS) is 27.3. The van der Waals surface area contributed by atoms with E-state index in [1.165, 1.54) is 6.92 Å². The van der Waals surface area contributed by atoms with Gasteiger partial charge in [-0.25, -0.2) is 0 Å². The Hall–Kier alpha value is -2.66. The molecule has 12 heteroatoms. The summed E-state index contributed by atoms with van der Waals surface area (Å²) in [6, 6.07) is 0. The van der Waals surface area contributed by atoms with Gasteiger partial charge in [0.1, 0.15) is 11.4 Å². The van der Waals surface area contributed by atoms with Gasteiger partial charge in [-0.05, 0) is 38.5 Å². The lowest BCUT2D eigenvalue weighted by molar-refractivity contribution is 0.119. The van der Waals surface area contributed by atoms with Crippen molar-refractivity contribution in [2.45, 2.75) is 56.5 Å². The Bertz CT molecular complexity index is 1030. The van der Waals surface area contributed by atoms with Crippen molar-refractivity contribution in [1.82, 2.24) is 9.97 Å². The molecule has 2 fully saturated rings. The Morgan fingerprint density at radius 1 is 0.719 bits per heavy atom. The van der Waals surface area contributed by atoms with Crippen LogP contribution in [0.1, 0.15) is 45.4 Å². The second-order valence-electron chi connectivity index (χ2n) is 8.83. The summed E-state index contributed by atoms with van der Waals surface area (Å²) in [5, 5.41) is 5.09. The zero-order valence-corrected chi connectivity index (χ0v) is 16.7. The molecule has 2 N–H and O–H groups in total. The number of nitrogens with zero attached hydrogens (tertiary/aromatic N) is 2. The number of hydrogen-bond donors (Lipinski definition) is 2. The van der Waals surface area contributed by atoms with E-state index < -0.39 is 69.5 Å². The Morgan fingerprint density at radius 3 is 1.69 bits per heavy atom. The van der Waals surface area contributed by atoms with Gasteiger partial charge in [-0.15, -0.1) is 0 Å². The van der Waals surface area contributed by atoms with Crippen molar-refractivity contribution < 1.29 is 35.1 Å². The summed E-state index contributed by atoms with van der Waals surface area (Å²) in [4.78, 5) is 5.04. The zero-order chi connectivity index (χ0) is 23.4.